The summed E-state index contributed by atoms with van der Waals surface area (Å²) >= 11 is 0. The molecule has 5 heteroatoms. The van der Waals surface area contributed by atoms with E-state index in [0.29, 0.717) is 17.7 Å². The Morgan fingerprint density at radius 3 is 3.07 bits per heavy atom. The summed E-state index contributed by atoms with van der Waals surface area (Å²) in [6.45, 7) is 2.02. The molecule has 0 amide bonds. The Hall–Kier alpha value is -2.09. The molecule has 0 aromatic carbocycles. The van der Waals surface area contributed by atoms with Crippen molar-refractivity contribution in [3.8, 4) is 6.07 Å². The number of esters is 1. The van der Waals surface area contributed by atoms with E-state index in [4.69, 9.17) is 15.7 Å². The predicted molar refractivity (Wildman–Crippen MR) is 53.7 cm³/mol. The van der Waals surface area contributed by atoms with Gasteiger partial charge in [0.25, 0.3) is 0 Å². The zero-order valence-electron chi connectivity index (χ0n) is 8.36. The van der Waals surface area contributed by atoms with Crippen molar-refractivity contribution in [1.29, 1.82) is 5.26 Å². The largest absolute Gasteiger partial charge is 0.466 e. The fraction of sp³-hybridized carbons (Fsp3) is 0.300. The summed E-state index contributed by atoms with van der Waals surface area (Å²) in [5.74, 6) is -0.212. The Bertz CT molecular complexity index is 410. The second kappa shape index (κ2) is 4.96. The highest BCUT2D eigenvalue weighted by atomic mass is 16.5. The number of ether oxygens (including phenoxy) is 1. The maximum Gasteiger partial charge on any atom is 0.310 e. The zero-order valence-corrected chi connectivity index (χ0v) is 8.36. The molecule has 0 atom stereocenters. The molecule has 2 N–H and O–H groups in total. The number of rotatable bonds is 3. The van der Waals surface area contributed by atoms with Crippen molar-refractivity contribution in [2.24, 2.45) is 0 Å². The number of nitrogens with two attached hydrogens (primary N) is 1. The van der Waals surface area contributed by atoms with Gasteiger partial charge in [-0.15, -0.1) is 0 Å². The number of nitrogens with zero attached hydrogens (tertiary/aromatic N) is 2. The van der Waals surface area contributed by atoms with Crippen molar-refractivity contribution in [1.82, 2.24) is 4.98 Å². The lowest BCUT2D eigenvalue weighted by molar-refractivity contribution is -0.142. The molecule has 0 aliphatic rings. The van der Waals surface area contributed by atoms with Crippen LogP contribution in [0.25, 0.3) is 0 Å². The Balaban J connectivity index is 2.94. The number of aromatic nitrogens is 1. The maximum absolute atomic E-state index is 11.2. The minimum Gasteiger partial charge on any atom is -0.466 e. The highest BCUT2D eigenvalue weighted by Crippen LogP contribution is 2.14. The van der Waals surface area contributed by atoms with Gasteiger partial charge in [0, 0.05) is 11.8 Å². The number of carbonyl (C=O) groups excluding carboxylic acids is 1. The molecule has 0 unspecified atom stereocenters. The first-order chi connectivity index (χ1) is 7.19. The Labute approximate surface area is 87.5 Å². The van der Waals surface area contributed by atoms with Gasteiger partial charge in [-0.2, -0.15) is 5.26 Å². The first kappa shape index (κ1) is 11.0. The monoisotopic (exact) mass is 205 g/mol. The molecule has 0 aliphatic carbocycles. The van der Waals surface area contributed by atoms with Gasteiger partial charge in [-0.3, -0.25) is 4.79 Å². The van der Waals surface area contributed by atoms with Crippen LogP contribution in [0.1, 0.15) is 18.1 Å². The van der Waals surface area contributed by atoms with E-state index in [2.05, 4.69) is 4.98 Å². The normalized spacial score (nSPS) is 9.33. The van der Waals surface area contributed by atoms with Crippen molar-refractivity contribution in [2.75, 3.05) is 12.3 Å². The van der Waals surface area contributed by atoms with Crippen molar-refractivity contribution in [2.45, 2.75) is 13.3 Å². The number of carbonyl (C=O) groups is 1. The number of nitrogen functional groups attached to an aromatic ring is 1. The maximum atomic E-state index is 11.2. The van der Waals surface area contributed by atoms with E-state index in [-0.39, 0.29) is 12.2 Å². The van der Waals surface area contributed by atoms with Crippen molar-refractivity contribution in [3.05, 3.63) is 23.4 Å². The summed E-state index contributed by atoms with van der Waals surface area (Å²) in [6, 6.07) is 3.47. The van der Waals surface area contributed by atoms with Crippen LogP contribution in [-0.2, 0) is 16.0 Å². The molecular formula is C10H11N3O2. The first-order valence-electron chi connectivity index (χ1n) is 4.48. The van der Waals surface area contributed by atoms with E-state index in [1.54, 1.807) is 6.92 Å². The molecule has 0 bridgehead atoms. The Morgan fingerprint density at radius 1 is 1.73 bits per heavy atom. The SMILES string of the molecule is CCOC(=O)Cc1c(C#N)ccnc1N. The quantitative estimate of drug-likeness (QED) is 0.731. The highest BCUT2D eigenvalue weighted by Gasteiger charge is 2.12. The lowest BCUT2D eigenvalue weighted by atomic mass is 10.1. The average molecular weight is 205 g/mol. The molecule has 78 valence electrons. The Morgan fingerprint density at radius 2 is 2.47 bits per heavy atom. The number of anilines is 1. The van der Waals surface area contributed by atoms with E-state index in [1.807, 2.05) is 6.07 Å². The van der Waals surface area contributed by atoms with Gasteiger partial charge < -0.3 is 10.5 Å². The summed E-state index contributed by atoms with van der Waals surface area (Å²) < 4.78 is 4.77. The van der Waals surface area contributed by atoms with Crippen molar-refractivity contribution < 1.29 is 9.53 Å². The van der Waals surface area contributed by atoms with Crippen LogP contribution in [0.4, 0.5) is 5.82 Å². The van der Waals surface area contributed by atoms with E-state index >= 15 is 0 Å². The number of pyridine rings is 1. The van der Waals surface area contributed by atoms with Crippen LogP contribution in [0.15, 0.2) is 12.3 Å². The summed E-state index contributed by atoms with van der Waals surface area (Å²) in [5, 5.41) is 8.80. The summed E-state index contributed by atoms with van der Waals surface area (Å²) in [6.07, 6.45) is 1.42. The smallest absolute Gasteiger partial charge is 0.310 e. The minimum absolute atomic E-state index is 0.0175. The zero-order chi connectivity index (χ0) is 11.3. The molecule has 0 fully saturated rings. The minimum atomic E-state index is -0.409. The van der Waals surface area contributed by atoms with Gasteiger partial charge in [0.05, 0.1) is 24.7 Å². The molecule has 1 aromatic rings. The summed E-state index contributed by atoms with van der Waals surface area (Å²) in [7, 11) is 0. The van der Waals surface area contributed by atoms with E-state index in [1.165, 1.54) is 12.3 Å². The standard InChI is InChI=1S/C10H11N3O2/c1-2-15-9(14)5-8-7(6-11)3-4-13-10(8)12/h3-4H,2,5H2,1H3,(H2,12,13). The molecule has 0 spiro atoms. The third-order valence-corrected chi connectivity index (χ3v) is 1.84. The van der Waals surface area contributed by atoms with Crippen LogP contribution >= 0.6 is 0 Å². The molecule has 0 aliphatic heterocycles. The third kappa shape index (κ3) is 2.68. The molecule has 0 saturated heterocycles. The highest BCUT2D eigenvalue weighted by molar-refractivity contribution is 5.75. The van der Waals surface area contributed by atoms with Crippen LogP contribution in [0.5, 0.6) is 0 Å². The van der Waals surface area contributed by atoms with E-state index in [0.717, 1.165) is 0 Å². The molecule has 0 radical (unpaired) electrons. The van der Waals surface area contributed by atoms with Crippen molar-refractivity contribution in [3.63, 3.8) is 0 Å². The van der Waals surface area contributed by atoms with Gasteiger partial charge in [0.2, 0.25) is 0 Å². The van der Waals surface area contributed by atoms with Crippen LogP contribution in [0.3, 0.4) is 0 Å². The lowest BCUT2D eigenvalue weighted by Gasteiger charge is -2.05. The molecule has 0 saturated carbocycles. The van der Waals surface area contributed by atoms with Gasteiger partial charge in [-0.25, -0.2) is 4.98 Å². The van der Waals surface area contributed by atoms with Gasteiger partial charge in [-0.05, 0) is 13.0 Å². The average Bonchev–Trinajstić information content (AvgIpc) is 2.21. The second-order valence-electron chi connectivity index (χ2n) is 2.82. The van der Waals surface area contributed by atoms with Crippen LogP contribution < -0.4 is 5.73 Å². The second-order valence-corrected chi connectivity index (χ2v) is 2.82. The van der Waals surface area contributed by atoms with Gasteiger partial charge in [-0.1, -0.05) is 0 Å². The third-order valence-electron chi connectivity index (χ3n) is 1.84. The van der Waals surface area contributed by atoms with E-state index < -0.39 is 5.97 Å². The summed E-state index contributed by atoms with van der Waals surface area (Å²) in [5.41, 5.74) is 6.36. The fourth-order valence-electron chi connectivity index (χ4n) is 1.16. The van der Waals surface area contributed by atoms with Crippen molar-refractivity contribution >= 4 is 11.8 Å². The van der Waals surface area contributed by atoms with Gasteiger partial charge in [0.15, 0.2) is 0 Å². The molecule has 1 heterocycles. The molecule has 5 nitrogen and oxygen atoms in total. The van der Waals surface area contributed by atoms with Crippen LogP contribution in [-0.4, -0.2) is 17.6 Å². The topological polar surface area (TPSA) is 89.0 Å². The summed E-state index contributed by atoms with van der Waals surface area (Å²) in [4.78, 5) is 15.0. The van der Waals surface area contributed by atoms with Gasteiger partial charge in [0.1, 0.15) is 5.82 Å². The fourth-order valence-corrected chi connectivity index (χ4v) is 1.16. The number of hydrogen-bond donors (Lipinski definition) is 1. The van der Waals surface area contributed by atoms with Gasteiger partial charge >= 0.3 is 5.97 Å². The number of nitriles is 1. The molecule has 1 rings (SSSR count). The first-order valence-corrected chi connectivity index (χ1v) is 4.48. The molecular weight excluding hydrogens is 194 g/mol. The molecule has 15 heavy (non-hydrogen) atoms. The number of hydrogen-bond acceptors (Lipinski definition) is 5. The van der Waals surface area contributed by atoms with E-state index in [9.17, 15) is 4.79 Å². The molecule has 1 aromatic heterocycles. The predicted octanol–water partition coefficient (Wildman–Crippen LogP) is 0.641. The van der Waals surface area contributed by atoms with Crippen LogP contribution in [0.2, 0.25) is 0 Å². The van der Waals surface area contributed by atoms with Crippen LogP contribution in [0, 0.1) is 11.3 Å². The Kier molecular flexibility index (Phi) is 3.63. The lowest BCUT2D eigenvalue weighted by Crippen LogP contribution is -2.11.